The fourth-order valence-electron chi connectivity index (χ4n) is 5.41. The first-order valence-corrected chi connectivity index (χ1v) is 19.5. The molecule has 5 aromatic rings. The van der Waals surface area contributed by atoms with Crippen LogP contribution in [0.5, 0.6) is 0 Å². The zero-order valence-corrected chi connectivity index (χ0v) is 26.8. The molecule has 0 spiro atoms. The summed E-state index contributed by atoms with van der Waals surface area (Å²) in [6.45, 7) is 0. The van der Waals surface area contributed by atoms with Crippen LogP contribution in [0.3, 0.4) is 0 Å². The molecule has 0 radical (unpaired) electrons. The first-order valence-electron chi connectivity index (χ1n) is 13.9. The minimum atomic E-state index is -3.44. The van der Waals surface area contributed by atoms with Crippen LogP contribution in [-0.4, -0.2) is 46.8 Å². The molecule has 5 rings (SSSR count). The second-order valence-electron chi connectivity index (χ2n) is 9.76. The fraction of sp³-hybridized carbons (Fsp3) is 0.0909. The highest BCUT2D eigenvalue weighted by molar-refractivity contribution is 7.06. The molecule has 8 heteroatoms. The Kier molecular flexibility index (Phi) is 9.23. The Morgan fingerprint density at radius 2 is 0.585 bits per heavy atom. The quantitative estimate of drug-likeness (QED) is 0.194. The van der Waals surface area contributed by atoms with E-state index in [0.29, 0.717) is 0 Å². The monoisotopic (exact) mass is 591 g/mol. The van der Waals surface area contributed by atoms with Crippen molar-refractivity contribution in [1.29, 1.82) is 0 Å². The van der Waals surface area contributed by atoms with Crippen molar-refractivity contribution in [1.82, 2.24) is 14.9 Å². The van der Waals surface area contributed by atoms with Gasteiger partial charge in [-0.05, 0) is 41.9 Å². The topological polar surface area (TPSA) is 54.5 Å². The molecule has 0 saturated carbocycles. The molecular weight excluding hydrogens is 555 g/mol. The van der Waals surface area contributed by atoms with Crippen LogP contribution in [0.1, 0.15) is 0 Å². The van der Waals surface area contributed by atoms with Crippen molar-refractivity contribution in [3.8, 4) is 0 Å². The molecule has 0 unspecified atom stereocenters. The van der Waals surface area contributed by atoms with Crippen LogP contribution in [0.4, 0.5) is 0 Å². The van der Waals surface area contributed by atoms with Crippen molar-refractivity contribution in [2.75, 3.05) is 21.1 Å². The summed E-state index contributed by atoms with van der Waals surface area (Å²) < 4.78 is 15.4. The van der Waals surface area contributed by atoms with E-state index in [0.717, 1.165) is 25.9 Å². The lowest BCUT2D eigenvalue weighted by atomic mass is 10.4. The van der Waals surface area contributed by atoms with E-state index in [9.17, 15) is 0 Å². The lowest BCUT2D eigenvalue weighted by Crippen LogP contribution is -2.84. The highest BCUT2D eigenvalue weighted by Crippen LogP contribution is 2.18. The molecule has 0 fully saturated rings. The predicted molar refractivity (Wildman–Crippen MR) is 177 cm³/mol. The van der Waals surface area contributed by atoms with Gasteiger partial charge >= 0.3 is 25.7 Å². The zero-order chi connectivity index (χ0) is 28.6. The van der Waals surface area contributed by atoms with Crippen LogP contribution >= 0.6 is 0 Å². The highest BCUT2D eigenvalue weighted by atomic mass is 28.5. The molecule has 0 aliphatic heterocycles. The number of rotatable bonds is 12. The molecule has 5 nitrogen and oxygen atoms in total. The van der Waals surface area contributed by atoms with Gasteiger partial charge in [-0.3, -0.25) is 4.98 Å². The van der Waals surface area contributed by atoms with Crippen molar-refractivity contribution in [2.24, 2.45) is 0 Å². The molecule has 208 valence electrons. The van der Waals surface area contributed by atoms with E-state index in [-0.39, 0.29) is 0 Å². The Bertz CT molecular complexity index is 1320. The van der Waals surface area contributed by atoms with E-state index < -0.39 is 25.7 Å². The fourth-order valence-corrected chi connectivity index (χ4v) is 19.3. The van der Waals surface area contributed by atoms with Gasteiger partial charge in [0.1, 0.15) is 0 Å². The van der Waals surface area contributed by atoms with E-state index in [4.69, 9.17) is 8.23 Å². The van der Waals surface area contributed by atoms with Crippen molar-refractivity contribution in [2.45, 2.75) is 0 Å². The molecule has 0 atom stereocenters. The molecule has 0 aliphatic carbocycles. The van der Waals surface area contributed by atoms with Crippen LogP contribution in [0.15, 0.2) is 152 Å². The van der Waals surface area contributed by atoms with Crippen LogP contribution in [0, 0.1) is 0 Å². The number of hydrogen-bond donors (Lipinski definition) is 3. The minimum absolute atomic E-state index is 1.01. The summed E-state index contributed by atoms with van der Waals surface area (Å²) in [6.07, 6.45) is 0. The molecule has 5 aromatic carbocycles. The van der Waals surface area contributed by atoms with Crippen LogP contribution in [-0.2, 0) is 8.23 Å². The van der Waals surface area contributed by atoms with Crippen molar-refractivity contribution >= 4 is 51.6 Å². The van der Waals surface area contributed by atoms with Crippen molar-refractivity contribution in [3.05, 3.63) is 152 Å². The van der Waals surface area contributed by atoms with E-state index in [1.165, 1.54) is 0 Å². The maximum atomic E-state index is 7.71. The molecule has 0 saturated heterocycles. The average molecular weight is 592 g/mol. The van der Waals surface area contributed by atoms with E-state index in [1.54, 1.807) is 0 Å². The Morgan fingerprint density at radius 3 is 0.805 bits per heavy atom. The Hall–Kier alpha value is -3.45. The van der Waals surface area contributed by atoms with E-state index >= 15 is 0 Å². The first kappa shape index (κ1) is 29.1. The lowest BCUT2D eigenvalue weighted by molar-refractivity contribution is 0.377. The summed E-state index contributed by atoms with van der Waals surface area (Å²) in [7, 11) is -3.58. The molecule has 0 aromatic heterocycles. The van der Waals surface area contributed by atoms with E-state index in [2.05, 4.69) is 136 Å². The van der Waals surface area contributed by atoms with Crippen molar-refractivity contribution in [3.63, 3.8) is 0 Å². The first-order chi connectivity index (χ1) is 20.1. The zero-order valence-electron chi connectivity index (χ0n) is 23.8. The smallest absolute Gasteiger partial charge is 0.402 e. The average Bonchev–Trinajstić information content (AvgIpc) is 3.07. The lowest BCUT2D eigenvalue weighted by Gasteiger charge is -2.45. The van der Waals surface area contributed by atoms with Crippen LogP contribution in [0.2, 0.25) is 0 Å². The van der Waals surface area contributed by atoms with Gasteiger partial charge in [0.2, 0.25) is 0 Å². The minimum Gasteiger partial charge on any atom is -0.402 e. The van der Waals surface area contributed by atoms with Gasteiger partial charge in [-0.2, -0.15) is 0 Å². The third kappa shape index (κ3) is 5.69. The summed E-state index contributed by atoms with van der Waals surface area (Å²) >= 11 is 0. The highest BCUT2D eigenvalue weighted by Gasteiger charge is 2.56. The maximum absolute atomic E-state index is 7.71. The molecular formula is C33H37N3O2Si3. The third-order valence-corrected chi connectivity index (χ3v) is 20.0. The maximum Gasteiger partial charge on any atom is 0.442 e. The van der Waals surface area contributed by atoms with E-state index in [1.807, 2.05) is 51.5 Å². The van der Waals surface area contributed by atoms with Gasteiger partial charge in [0.05, 0.1) is 0 Å². The van der Waals surface area contributed by atoms with Gasteiger partial charge in [0.25, 0.3) is 0 Å². The van der Waals surface area contributed by atoms with Gasteiger partial charge in [0.15, 0.2) is 0 Å². The Morgan fingerprint density at radius 1 is 0.341 bits per heavy atom. The summed E-state index contributed by atoms with van der Waals surface area (Å²) in [6, 6.07) is 52.5. The van der Waals surface area contributed by atoms with Gasteiger partial charge in [-0.1, -0.05) is 152 Å². The van der Waals surface area contributed by atoms with Crippen LogP contribution < -0.4 is 40.9 Å². The summed E-state index contributed by atoms with van der Waals surface area (Å²) in [5, 5.41) is 5.50. The molecule has 41 heavy (non-hydrogen) atoms. The summed E-state index contributed by atoms with van der Waals surface area (Å²) in [5.74, 6) is 0. The molecule has 0 aliphatic rings. The van der Waals surface area contributed by atoms with Gasteiger partial charge in [0, 0.05) is 5.19 Å². The van der Waals surface area contributed by atoms with Crippen molar-refractivity contribution < 1.29 is 8.23 Å². The second-order valence-corrected chi connectivity index (χ2v) is 19.7. The standard InChI is InChI=1S/C33H37N3O2Si3/c1-34-39(29-19-9-4-10-20-29,30-21-11-5-12-22-30)37-41(36-3,33-27-17-8-18-28-33)38-40(35-2,31-23-13-6-14-24-31)32-25-15-7-16-26-32/h4-28,34-36H,1-3H3. The van der Waals surface area contributed by atoms with Gasteiger partial charge < -0.3 is 18.2 Å². The van der Waals surface area contributed by atoms with Crippen LogP contribution in [0.25, 0.3) is 0 Å². The molecule has 0 amide bonds. The number of hydrogen-bond acceptors (Lipinski definition) is 5. The third-order valence-electron chi connectivity index (χ3n) is 7.50. The summed E-state index contributed by atoms with van der Waals surface area (Å²) in [4.78, 5) is 11.1. The largest absolute Gasteiger partial charge is 0.442 e. The molecule has 0 heterocycles. The normalized spacial score (nSPS) is 12.3. The molecule has 0 bridgehead atoms. The second kappa shape index (κ2) is 13.0. The number of nitrogens with one attached hydrogen (secondary N) is 3. The molecule has 3 N–H and O–H groups in total. The van der Waals surface area contributed by atoms with Gasteiger partial charge in [-0.15, -0.1) is 0 Å². The predicted octanol–water partition coefficient (Wildman–Crippen LogP) is 2.04. The van der Waals surface area contributed by atoms with Gasteiger partial charge in [-0.25, -0.2) is 0 Å². The Balaban J connectivity index is 1.78. The summed E-state index contributed by atoms with van der Waals surface area (Å²) in [5.41, 5.74) is 0. The Labute approximate surface area is 247 Å². The number of benzene rings is 5. The SMILES string of the molecule is CN[Si](O[Si](NC)(c1ccccc1)c1ccccc1)(O[Si](NC)(c1ccccc1)c1ccccc1)c1ccccc1.